The van der Waals surface area contributed by atoms with Crippen molar-refractivity contribution in [3.63, 3.8) is 0 Å². The monoisotopic (exact) mass is 273 g/mol. The molecular formula is C15H19N3O2. The molecule has 2 aromatic heterocycles. The van der Waals surface area contributed by atoms with Gasteiger partial charge in [0.25, 0.3) is 5.91 Å². The predicted molar refractivity (Wildman–Crippen MR) is 77.3 cm³/mol. The molecule has 0 spiro atoms. The highest BCUT2D eigenvalue weighted by Crippen LogP contribution is 2.11. The summed E-state index contributed by atoms with van der Waals surface area (Å²) in [5.41, 5.74) is 7.35. The van der Waals surface area contributed by atoms with Gasteiger partial charge in [0.15, 0.2) is 0 Å². The molecule has 20 heavy (non-hydrogen) atoms. The second kappa shape index (κ2) is 6.23. The number of hydrogen-bond acceptors (Lipinski definition) is 4. The third-order valence-electron chi connectivity index (χ3n) is 3.13. The molecule has 2 heterocycles. The number of amides is 1. The van der Waals surface area contributed by atoms with Crippen molar-refractivity contribution in [2.24, 2.45) is 0 Å². The Hall–Kier alpha value is -2.30. The number of nitrogens with two attached hydrogens (primary N) is 1. The number of carbonyl (C=O) groups is 1. The fourth-order valence-electron chi connectivity index (χ4n) is 1.97. The average molecular weight is 273 g/mol. The Morgan fingerprint density at radius 2 is 2.35 bits per heavy atom. The Morgan fingerprint density at radius 3 is 3.05 bits per heavy atom. The first kappa shape index (κ1) is 14.1. The van der Waals surface area contributed by atoms with Crippen molar-refractivity contribution in [2.75, 3.05) is 5.73 Å². The van der Waals surface area contributed by atoms with Gasteiger partial charge in [0.05, 0.1) is 29.4 Å². The summed E-state index contributed by atoms with van der Waals surface area (Å²) in [6, 6.07) is 5.49. The smallest absolute Gasteiger partial charge is 0.253 e. The summed E-state index contributed by atoms with van der Waals surface area (Å²) < 4.78 is 5.27. The highest BCUT2D eigenvalue weighted by atomic mass is 16.3. The maximum Gasteiger partial charge on any atom is 0.253 e. The van der Waals surface area contributed by atoms with Crippen LogP contribution in [0.25, 0.3) is 0 Å². The molecule has 0 aliphatic rings. The number of nitrogen functional groups attached to an aromatic ring is 1. The summed E-state index contributed by atoms with van der Waals surface area (Å²) in [5.74, 6) is 0.780. The Kier molecular flexibility index (Phi) is 4.40. The van der Waals surface area contributed by atoms with E-state index in [1.807, 2.05) is 19.1 Å². The van der Waals surface area contributed by atoms with E-state index in [-0.39, 0.29) is 11.9 Å². The zero-order valence-electron chi connectivity index (χ0n) is 11.7. The van der Waals surface area contributed by atoms with Gasteiger partial charge >= 0.3 is 0 Å². The normalized spacial score (nSPS) is 12.1. The molecule has 0 saturated heterocycles. The number of carbonyl (C=O) groups excluding carboxylic acids is 1. The van der Waals surface area contributed by atoms with Crippen molar-refractivity contribution in [1.29, 1.82) is 0 Å². The number of pyridine rings is 1. The third kappa shape index (κ3) is 3.60. The number of furan rings is 1. The number of anilines is 1. The van der Waals surface area contributed by atoms with E-state index in [0.717, 1.165) is 18.6 Å². The molecule has 3 N–H and O–H groups in total. The van der Waals surface area contributed by atoms with E-state index in [9.17, 15) is 4.79 Å². The summed E-state index contributed by atoms with van der Waals surface area (Å²) in [4.78, 5) is 16.3. The van der Waals surface area contributed by atoms with Crippen molar-refractivity contribution in [3.8, 4) is 0 Å². The van der Waals surface area contributed by atoms with Crippen molar-refractivity contribution in [2.45, 2.75) is 32.7 Å². The third-order valence-corrected chi connectivity index (χ3v) is 3.13. The van der Waals surface area contributed by atoms with E-state index in [2.05, 4.69) is 10.3 Å². The number of nitrogens with zero attached hydrogens (tertiary/aromatic N) is 1. The first-order valence-corrected chi connectivity index (χ1v) is 6.61. The SMILES string of the molecule is Cc1ncc(N)cc1C(=O)NC(C)CCc1ccco1. The highest BCUT2D eigenvalue weighted by Gasteiger charge is 2.13. The second-order valence-electron chi connectivity index (χ2n) is 4.89. The number of aryl methyl sites for hydroxylation is 2. The Bertz CT molecular complexity index is 579. The summed E-state index contributed by atoms with van der Waals surface area (Å²) in [6.07, 6.45) is 4.81. The van der Waals surface area contributed by atoms with Gasteiger partial charge in [-0.05, 0) is 38.5 Å². The molecule has 0 bridgehead atoms. The zero-order chi connectivity index (χ0) is 14.5. The van der Waals surface area contributed by atoms with Crippen LogP contribution in [0.4, 0.5) is 5.69 Å². The zero-order valence-corrected chi connectivity index (χ0v) is 11.7. The molecule has 5 nitrogen and oxygen atoms in total. The van der Waals surface area contributed by atoms with Crippen LogP contribution >= 0.6 is 0 Å². The van der Waals surface area contributed by atoms with E-state index < -0.39 is 0 Å². The maximum atomic E-state index is 12.2. The van der Waals surface area contributed by atoms with Crippen molar-refractivity contribution in [1.82, 2.24) is 10.3 Å². The Balaban J connectivity index is 1.91. The number of hydrogen-bond donors (Lipinski definition) is 2. The lowest BCUT2D eigenvalue weighted by Crippen LogP contribution is -2.33. The topological polar surface area (TPSA) is 81.1 Å². The Morgan fingerprint density at radius 1 is 1.55 bits per heavy atom. The van der Waals surface area contributed by atoms with Crippen LogP contribution in [0.15, 0.2) is 35.1 Å². The molecule has 0 aromatic carbocycles. The second-order valence-corrected chi connectivity index (χ2v) is 4.89. The van der Waals surface area contributed by atoms with Crippen LogP contribution in [0.3, 0.4) is 0 Å². The quantitative estimate of drug-likeness (QED) is 0.876. The van der Waals surface area contributed by atoms with Crippen LogP contribution in [0.1, 0.15) is 35.2 Å². The van der Waals surface area contributed by atoms with E-state index in [1.165, 1.54) is 0 Å². The van der Waals surface area contributed by atoms with E-state index in [0.29, 0.717) is 16.9 Å². The van der Waals surface area contributed by atoms with Crippen LogP contribution in [0.5, 0.6) is 0 Å². The van der Waals surface area contributed by atoms with Gasteiger partial charge in [-0.15, -0.1) is 0 Å². The molecule has 0 aliphatic carbocycles. The average Bonchev–Trinajstić information content (AvgIpc) is 2.92. The van der Waals surface area contributed by atoms with Gasteiger partial charge in [-0.1, -0.05) is 0 Å². The number of aromatic nitrogens is 1. The van der Waals surface area contributed by atoms with Gasteiger partial charge < -0.3 is 15.5 Å². The van der Waals surface area contributed by atoms with E-state index in [4.69, 9.17) is 10.2 Å². The fraction of sp³-hybridized carbons (Fsp3) is 0.333. The summed E-state index contributed by atoms with van der Waals surface area (Å²) in [6.45, 7) is 3.76. The van der Waals surface area contributed by atoms with E-state index >= 15 is 0 Å². The predicted octanol–water partition coefficient (Wildman–Crippen LogP) is 2.32. The van der Waals surface area contributed by atoms with E-state index in [1.54, 1.807) is 25.5 Å². The summed E-state index contributed by atoms with van der Waals surface area (Å²) in [5, 5.41) is 2.95. The van der Waals surface area contributed by atoms with Crippen molar-refractivity contribution in [3.05, 3.63) is 47.7 Å². The van der Waals surface area contributed by atoms with Crippen LogP contribution in [-0.4, -0.2) is 16.9 Å². The van der Waals surface area contributed by atoms with Gasteiger partial charge in [0, 0.05) is 12.5 Å². The first-order chi connectivity index (χ1) is 9.56. The molecule has 5 heteroatoms. The van der Waals surface area contributed by atoms with Crippen LogP contribution in [0.2, 0.25) is 0 Å². The number of rotatable bonds is 5. The molecule has 0 fully saturated rings. The fourth-order valence-corrected chi connectivity index (χ4v) is 1.97. The molecule has 0 saturated carbocycles. The highest BCUT2D eigenvalue weighted by molar-refractivity contribution is 5.96. The van der Waals surface area contributed by atoms with Gasteiger partial charge in [-0.25, -0.2) is 0 Å². The molecule has 1 atom stereocenters. The minimum absolute atomic E-state index is 0.0495. The lowest BCUT2D eigenvalue weighted by atomic mass is 10.1. The van der Waals surface area contributed by atoms with Crippen LogP contribution in [0, 0.1) is 6.92 Å². The maximum absolute atomic E-state index is 12.2. The largest absolute Gasteiger partial charge is 0.469 e. The standard InChI is InChI=1S/C15H19N3O2/c1-10(5-6-13-4-3-7-20-13)18-15(19)14-8-12(16)9-17-11(14)2/h3-4,7-10H,5-6,16H2,1-2H3,(H,18,19). The minimum atomic E-state index is -0.144. The summed E-state index contributed by atoms with van der Waals surface area (Å²) in [7, 11) is 0. The van der Waals surface area contributed by atoms with Gasteiger partial charge in [0.1, 0.15) is 5.76 Å². The van der Waals surface area contributed by atoms with Gasteiger partial charge in [0.2, 0.25) is 0 Å². The van der Waals surface area contributed by atoms with Gasteiger partial charge in [-0.2, -0.15) is 0 Å². The molecule has 2 rings (SSSR count). The molecule has 1 unspecified atom stereocenters. The first-order valence-electron chi connectivity index (χ1n) is 6.61. The lowest BCUT2D eigenvalue weighted by molar-refractivity contribution is 0.0937. The Labute approximate surface area is 118 Å². The van der Waals surface area contributed by atoms with Gasteiger partial charge in [-0.3, -0.25) is 9.78 Å². The van der Waals surface area contributed by atoms with Crippen LogP contribution in [-0.2, 0) is 6.42 Å². The lowest BCUT2D eigenvalue weighted by Gasteiger charge is -2.14. The van der Waals surface area contributed by atoms with Crippen molar-refractivity contribution < 1.29 is 9.21 Å². The molecule has 1 amide bonds. The molecule has 2 aromatic rings. The number of nitrogens with one attached hydrogen (secondary N) is 1. The molecule has 0 aliphatic heterocycles. The molecule has 106 valence electrons. The van der Waals surface area contributed by atoms with Crippen molar-refractivity contribution >= 4 is 11.6 Å². The molecule has 0 radical (unpaired) electrons. The minimum Gasteiger partial charge on any atom is -0.469 e. The van der Waals surface area contributed by atoms with Crippen LogP contribution < -0.4 is 11.1 Å². The molecular weight excluding hydrogens is 254 g/mol. The summed E-state index contributed by atoms with van der Waals surface area (Å²) >= 11 is 0.